The summed E-state index contributed by atoms with van der Waals surface area (Å²) in [6.07, 6.45) is 42.7. The maximum atomic E-state index is 12.7. The lowest BCUT2D eigenvalue weighted by atomic mass is 10.1. The summed E-state index contributed by atoms with van der Waals surface area (Å²) in [6.45, 7) is 4.19. The molecule has 1 N–H and O–H groups in total. The molecule has 0 aromatic heterocycles. The Bertz CT molecular complexity index is 1210. The van der Waals surface area contributed by atoms with Crippen LogP contribution in [0.2, 0.25) is 0 Å². The molecular formula is C48H87NO9P+. The van der Waals surface area contributed by atoms with Gasteiger partial charge in [-0.2, -0.15) is 0 Å². The van der Waals surface area contributed by atoms with Crippen molar-refractivity contribution in [3.63, 3.8) is 0 Å². The smallest absolute Gasteiger partial charge is 0.462 e. The fourth-order valence-corrected chi connectivity index (χ4v) is 6.83. The van der Waals surface area contributed by atoms with E-state index < -0.39 is 32.5 Å². The number of likely N-dealkylation sites (N-methyl/N-ethyl adjacent to an activating group) is 1. The van der Waals surface area contributed by atoms with Crippen molar-refractivity contribution in [3.8, 4) is 0 Å². The molecule has 0 bridgehead atoms. The predicted octanol–water partition coefficient (Wildman–Crippen LogP) is 12.6. The zero-order valence-corrected chi connectivity index (χ0v) is 39.1. The Morgan fingerprint density at radius 3 is 1.64 bits per heavy atom. The summed E-state index contributed by atoms with van der Waals surface area (Å²) in [7, 11) is 1.42. The Morgan fingerprint density at radius 2 is 1.07 bits per heavy atom. The van der Waals surface area contributed by atoms with Crippen LogP contribution in [0.15, 0.2) is 48.6 Å². The molecule has 342 valence electrons. The highest BCUT2D eigenvalue weighted by atomic mass is 31.2. The number of hydrogen-bond donors (Lipinski definition) is 1. The molecule has 0 rings (SSSR count). The molecule has 0 saturated heterocycles. The van der Waals surface area contributed by atoms with E-state index in [1.807, 2.05) is 33.3 Å². The van der Waals surface area contributed by atoms with E-state index in [1.54, 1.807) is 6.08 Å². The quantitative estimate of drug-likeness (QED) is 0.0121. The number of carbonyl (C=O) groups excluding carboxylic acids is 3. The first kappa shape index (κ1) is 56.6. The van der Waals surface area contributed by atoms with Crippen molar-refractivity contribution < 1.29 is 46.8 Å². The molecule has 0 aromatic carbocycles. The average molecular weight is 853 g/mol. The average Bonchev–Trinajstić information content (AvgIpc) is 3.18. The highest BCUT2D eigenvalue weighted by Crippen LogP contribution is 2.43. The molecule has 0 radical (unpaired) electrons. The lowest BCUT2D eigenvalue weighted by molar-refractivity contribution is -0.870. The number of nitrogens with zero attached hydrogens (tertiary/aromatic N) is 1. The summed E-state index contributed by atoms with van der Waals surface area (Å²) in [5.41, 5.74) is 0. The van der Waals surface area contributed by atoms with Crippen molar-refractivity contribution in [1.29, 1.82) is 0 Å². The number of phosphoric acid groups is 1. The maximum Gasteiger partial charge on any atom is 0.472 e. The molecule has 2 atom stereocenters. The summed E-state index contributed by atoms with van der Waals surface area (Å²) in [5, 5.41) is 0. The number of carbonyl (C=O) groups is 3. The van der Waals surface area contributed by atoms with Crippen molar-refractivity contribution >= 4 is 25.5 Å². The van der Waals surface area contributed by atoms with E-state index in [9.17, 15) is 23.8 Å². The van der Waals surface area contributed by atoms with Crippen molar-refractivity contribution in [3.05, 3.63) is 48.6 Å². The molecule has 0 amide bonds. The fraction of sp³-hybridized carbons (Fsp3) is 0.771. The number of phosphoric ester groups is 1. The standard InChI is InChI=1S/C48H86NO9P/c1-6-8-10-11-12-13-14-15-16-17-18-19-20-21-22-25-29-32-36-40-48(52)58-46(44-57-59(53,54)56-42-41-49(3,4)5)43-55-47(51)39-35-31-28-26-23-24-27-30-34-38-45(50)37-33-9-7-2/h12-13,15-16,27,30,34,38,46H,6-11,14,17-26,28-29,31-33,35-37,39-44H2,1-5H3/p+1/b13-12-,16-15-,30-27-,38-34+/t46-/m1/s1. The molecule has 11 heteroatoms. The topological polar surface area (TPSA) is 125 Å². The van der Waals surface area contributed by atoms with Gasteiger partial charge in [0, 0.05) is 19.3 Å². The lowest BCUT2D eigenvalue weighted by Gasteiger charge is -2.24. The van der Waals surface area contributed by atoms with Gasteiger partial charge in [0.05, 0.1) is 27.7 Å². The second kappa shape index (κ2) is 39.8. The van der Waals surface area contributed by atoms with E-state index in [2.05, 4.69) is 44.2 Å². The van der Waals surface area contributed by atoms with E-state index in [1.165, 1.54) is 57.8 Å². The molecule has 0 aliphatic heterocycles. The summed E-state index contributed by atoms with van der Waals surface area (Å²) in [4.78, 5) is 47.2. The molecule has 10 nitrogen and oxygen atoms in total. The Kier molecular flexibility index (Phi) is 38.2. The van der Waals surface area contributed by atoms with Gasteiger partial charge in [-0.1, -0.05) is 146 Å². The lowest BCUT2D eigenvalue weighted by Crippen LogP contribution is -2.37. The highest BCUT2D eigenvalue weighted by molar-refractivity contribution is 7.47. The van der Waals surface area contributed by atoms with Crippen LogP contribution >= 0.6 is 7.82 Å². The van der Waals surface area contributed by atoms with E-state index in [0.29, 0.717) is 30.3 Å². The van der Waals surface area contributed by atoms with Crippen LogP contribution in [-0.4, -0.2) is 80.7 Å². The molecule has 1 unspecified atom stereocenters. The summed E-state index contributed by atoms with van der Waals surface area (Å²) in [5.74, 6) is -0.686. The number of ether oxygens (including phenoxy) is 2. The summed E-state index contributed by atoms with van der Waals surface area (Å²) >= 11 is 0. The number of allylic oxidation sites excluding steroid dienone is 8. The highest BCUT2D eigenvalue weighted by Gasteiger charge is 2.27. The van der Waals surface area contributed by atoms with E-state index in [0.717, 1.165) is 83.5 Å². The second-order valence-electron chi connectivity index (χ2n) is 16.8. The molecule has 0 aromatic rings. The number of quaternary nitrogens is 1. The van der Waals surface area contributed by atoms with Crippen LogP contribution in [0.4, 0.5) is 0 Å². The number of unbranched alkanes of at least 4 members (excludes halogenated alkanes) is 19. The van der Waals surface area contributed by atoms with Crippen LogP contribution in [0, 0.1) is 0 Å². The SMILES string of the molecule is CCCCC/C=C\C/C=C\CCCCCCCCCCCC(=O)O[C@H](COC(=O)CCCCCCC/C=C\C=C\C(=O)CCCCC)COP(=O)(O)OCC[N+](C)(C)C. The van der Waals surface area contributed by atoms with Gasteiger partial charge in [-0.25, -0.2) is 4.57 Å². The third-order valence-electron chi connectivity index (χ3n) is 9.81. The van der Waals surface area contributed by atoms with Crippen LogP contribution in [0.5, 0.6) is 0 Å². The zero-order chi connectivity index (χ0) is 43.7. The minimum atomic E-state index is -4.40. The van der Waals surface area contributed by atoms with Crippen LogP contribution in [0.1, 0.15) is 187 Å². The van der Waals surface area contributed by atoms with Gasteiger partial charge in [-0.3, -0.25) is 23.4 Å². The molecule has 0 spiro atoms. The van der Waals surface area contributed by atoms with Gasteiger partial charge in [-0.15, -0.1) is 0 Å². The fourth-order valence-electron chi connectivity index (χ4n) is 6.08. The van der Waals surface area contributed by atoms with Gasteiger partial charge in [0.15, 0.2) is 11.9 Å². The minimum absolute atomic E-state index is 0.0152. The van der Waals surface area contributed by atoms with Crippen LogP contribution < -0.4 is 0 Å². The van der Waals surface area contributed by atoms with Crippen LogP contribution in [0.25, 0.3) is 0 Å². The maximum absolute atomic E-state index is 12.7. The van der Waals surface area contributed by atoms with E-state index in [-0.39, 0.29) is 31.8 Å². The number of ketones is 1. The van der Waals surface area contributed by atoms with Gasteiger partial charge >= 0.3 is 19.8 Å². The van der Waals surface area contributed by atoms with Crippen molar-refractivity contribution in [1.82, 2.24) is 0 Å². The number of esters is 2. The summed E-state index contributed by atoms with van der Waals surface area (Å²) in [6, 6.07) is 0. The predicted molar refractivity (Wildman–Crippen MR) is 243 cm³/mol. The molecular weight excluding hydrogens is 766 g/mol. The monoisotopic (exact) mass is 853 g/mol. The van der Waals surface area contributed by atoms with E-state index in [4.69, 9.17) is 18.5 Å². The largest absolute Gasteiger partial charge is 0.472 e. The molecule has 0 saturated carbocycles. The minimum Gasteiger partial charge on any atom is -0.462 e. The first-order valence-electron chi connectivity index (χ1n) is 23.3. The Morgan fingerprint density at radius 1 is 0.576 bits per heavy atom. The third kappa shape index (κ3) is 43.5. The Labute approximate surface area is 360 Å². The van der Waals surface area contributed by atoms with Crippen LogP contribution in [0.3, 0.4) is 0 Å². The zero-order valence-electron chi connectivity index (χ0n) is 38.2. The molecule has 0 aliphatic carbocycles. The van der Waals surface area contributed by atoms with Gasteiger partial charge in [0.2, 0.25) is 0 Å². The van der Waals surface area contributed by atoms with Crippen molar-refractivity contribution in [2.45, 2.75) is 193 Å². The third-order valence-corrected chi connectivity index (χ3v) is 10.8. The molecule has 59 heavy (non-hydrogen) atoms. The van der Waals surface area contributed by atoms with Gasteiger partial charge < -0.3 is 18.9 Å². The number of hydrogen-bond acceptors (Lipinski definition) is 8. The normalized spacial score (nSPS) is 13.9. The van der Waals surface area contributed by atoms with Crippen LogP contribution in [-0.2, 0) is 37.5 Å². The molecule has 0 heterocycles. The first-order valence-corrected chi connectivity index (χ1v) is 24.8. The molecule has 0 fully saturated rings. The second-order valence-corrected chi connectivity index (χ2v) is 18.3. The van der Waals surface area contributed by atoms with Gasteiger partial charge in [-0.05, 0) is 70.3 Å². The van der Waals surface area contributed by atoms with E-state index >= 15 is 0 Å². The number of rotatable bonds is 42. The Balaban J connectivity index is 4.38. The van der Waals surface area contributed by atoms with Crippen molar-refractivity contribution in [2.75, 3.05) is 47.5 Å². The molecule has 0 aliphatic rings. The van der Waals surface area contributed by atoms with Crippen molar-refractivity contribution in [2.24, 2.45) is 0 Å². The van der Waals surface area contributed by atoms with Gasteiger partial charge in [0.25, 0.3) is 0 Å². The first-order chi connectivity index (χ1) is 28.4. The Hall–Kier alpha value is -2.36. The van der Waals surface area contributed by atoms with Gasteiger partial charge in [0.1, 0.15) is 19.8 Å². The summed E-state index contributed by atoms with van der Waals surface area (Å²) < 4.78 is 34.3.